The Bertz CT molecular complexity index is 238. The second-order valence-electron chi connectivity index (χ2n) is 4.80. The van der Waals surface area contributed by atoms with E-state index in [0.717, 1.165) is 6.42 Å². The molecule has 0 spiro atoms. The van der Waals surface area contributed by atoms with Crippen LogP contribution >= 0.6 is 0 Å². The zero-order valence-corrected chi connectivity index (χ0v) is 9.83. The molecule has 0 aliphatic carbocycles. The maximum Gasteiger partial charge on any atom is 0.283 e. The van der Waals surface area contributed by atoms with Gasteiger partial charge in [-0.05, 0) is 13.3 Å². The summed E-state index contributed by atoms with van der Waals surface area (Å²) in [6, 6.07) is 0. The molecule has 0 saturated carbocycles. The highest BCUT2D eigenvalue weighted by molar-refractivity contribution is 5.98. The summed E-state index contributed by atoms with van der Waals surface area (Å²) in [5, 5.41) is 8.98. The second kappa shape index (κ2) is 5.04. The predicted octanol–water partition coefficient (Wildman–Crippen LogP) is 0.418. The minimum atomic E-state index is -0.175. The first-order valence-electron chi connectivity index (χ1n) is 5.94. The molecule has 6 atom stereocenters. The molecule has 1 N–H and O–H groups in total. The third-order valence-corrected chi connectivity index (χ3v) is 3.81. The van der Waals surface area contributed by atoms with Crippen LogP contribution < -0.4 is 0 Å². The molecule has 2 rings (SSSR count). The number of aliphatic hydroxyl groups excluding tert-OH is 1. The highest BCUT2D eigenvalue weighted by Gasteiger charge is 2.47. The average Bonchev–Trinajstić information content (AvgIpc) is 2.55. The molecule has 2 aliphatic heterocycles. The molecule has 0 aromatic rings. The molecule has 4 nitrogen and oxygen atoms in total. The molecular formula is C11H19BO4. The van der Waals surface area contributed by atoms with Crippen LogP contribution in [0.4, 0.5) is 0 Å². The summed E-state index contributed by atoms with van der Waals surface area (Å²) in [7, 11) is 5.26. The van der Waals surface area contributed by atoms with Crippen molar-refractivity contribution in [2.75, 3.05) is 6.61 Å². The molecule has 2 saturated heterocycles. The zero-order valence-electron chi connectivity index (χ0n) is 9.83. The van der Waals surface area contributed by atoms with Gasteiger partial charge in [-0.15, -0.1) is 0 Å². The van der Waals surface area contributed by atoms with Crippen LogP contribution in [0.1, 0.15) is 26.7 Å². The second-order valence-corrected chi connectivity index (χ2v) is 4.80. The standard InChI is InChI=1S/C11H19BO4/c1-6-7(2)14-10-5-9(16-12)8(3-4-13)15-11(6)10/h6-11,13H,3-5H2,1-2H3/t6-,7?,8?,9?,10?,11+/m1/s1. The summed E-state index contributed by atoms with van der Waals surface area (Å²) >= 11 is 0. The minimum Gasteiger partial charge on any atom is -0.442 e. The first kappa shape index (κ1) is 12.4. The van der Waals surface area contributed by atoms with Gasteiger partial charge in [0, 0.05) is 18.9 Å². The Labute approximate surface area is 97.7 Å². The van der Waals surface area contributed by atoms with Crippen LogP contribution in [0.15, 0.2) is 0 Å². The van der Waals surface area contributed by atoms with Crippen LogP contribution in [0, 0.1) is 5.92 Å². The number of hydrogen-bond donors (Lipinski definition) is 1. The Balaban J connectivity index is 2.04. The SMILES string of the molecule is [B]OC1CC2OC(C)[C@@H](C)[C@@H]2OC1CCO. The third kappa shape index (κ3) is 2.14. The maximum absolute atomic E-state index is 8.98. The van der Waals surface area contributed by atoms with Gasteiger partial charge in [0.2, 0.25) is 0 Å². The lowest BCUT2D eigenvalue weighted by Crippen LogP contribution is -2.48. The largest absolute Gasteiger partial charge is 0.442 e. The molecule has 16 heavy (non-hydrogen) atoms. The van der Waals surface area contributed by atoms with E-state index in [1.54, 1.807) is 0 Å². The molecule has 2 aliphatic rings. The monoisotopic (exact) mass is 226 g/mol. The fourth-order valence-electron chi connectivity index (χ4n) is 2.68. The number of aliphatic hydroxyl groups is 1. The highest BCUT2D eigenvalue weighted by atomic mass is 16.6. The van der Waals surface area contributed by atoms with Gasteiger partial charge in [-0.2, -0.15) is 0 Å². The van der Waals surface area contributed by atoms with Gasteiger partial charge in [-0.25, -0.2) is 0 Å². The lowest BCUT2D eigenvalue weighted by atomic mass is 9.90. The molecular weight excluding hydrogens is 207 g/mol. The Morgan fingerprint density at radius 3 is 2.75 bits per heavy atom. The first-order chi connectivity index (χ1) is 7.67. The summed E-state index contributed by atoms with van der Waals surface area (Å²) in [5.41, 5.74) is 0. The molecule has 0 amide bonds. The van der Waals surface area contributed by atoms with Gasteiger partial charge >= 0.3 is 0 Å². The molecule has 5 heteroatoms. The molecule has 90 valence electrons. The molecule has 0 aromatic carbocycles. The lowest BCUT2D eigenvalue weighted by molar-refractivity contribution is -0.153. The lowest BCUT2D eigenvalue weighted by Gasteiger charge is -2.38. The Hall–Kier alpha value is -0.0951. The van der Waals surface area contributed by atoms with Crippen LogP contribution in [-0.4, -0.2) is 50.3 Å². The molecule has 0 bridgehead atoms. The van der Waals surface area contributed by atoms with Crippen molar-refractivity contribution in [2.24, 2.45) is 5.92 Å². The van der Waals surface area contributed by atoms with Crippen molar-refractivity contribution >= 4 is 8.05 Å². The Morgan fingerprint density at radius 1 is 1.38 bits per heavy atom. The maximum atomic E-state index is 8.98. The van der Waals surface area contributed by atoms with Gasteiger partial charge in [0.05, 0.1) is 30.5 Å². The van der Waals surface area contributed by atoms with Crippen LogP contribution in [0.2, 0.25) is 0 Å². The van der Waals surface area contributed by atoms with Gasteiger partial charge in [-0.1, -0.05) is 6.92 Å². The smallest absolute Gasteiger partial charge is 0.283 e. The van der Waals surface area contributed by atoms with Crippen molar-refractivity contribution in [3.05, 3.63) is 0 Å². The van der Waals surface area contributed by atoms with Crippen LogP contribution in [0.25, 0.3) is 0 Å². The van der Waals surface area contributed by atoms with Crippen molar-refractivity contribution in [1.82, 2.24) is 0 Å². The normalized spacial score (nSPS) is 47.9. The van der Waals surface area contributed by atoms with Crippen molar-refractivity contribution in [3.8, 4) is 0 Å². The summed E-state index contributed by atoms with van der Waals surface area (Å²) in [6.45, 7) is 4.29. The van der Waals surface area contributed by atoms with Crippen molar-refractivity contribution in [3.63, 3.8) is 0 Å². The minimum absolute atomic E-state index is 0.0773. The summed E-state index contributed by atoms with van der Waals surface area (Å²) in [5.74, 6) is 0.380. The topological polar surface area (TPSA) is 47.9 Å². The van der Waals surface area contributed by atoms with E-state index in [-0.39, 0.29) is 37.1 Å². The molecule has 2 radical (unpaired) electrons. The molecule has 0 aromatic heterocycles. The van der Waals surface area contributed by atoms with E-state index < -0.39 is 0 Å². The zero-order chi connectivity index (χ0) is 11.7. The molecule has 2 heterocycles. The van der Waals surface area contributed by atoms with E-state index in [1.807, 2.05) is 0 Å². The van der Waals surface area contributed by atoms with Crippen molar-refractivity contribution < 1.29 is 19.2 Å². The first-order valence-corrected chi connectivity index (χ1v) is 5.94. The van der Waals surface area contributed by atoms with Crippen LogP contribution in [0.5, 0.6) is 0 Å². The summed E-state index contributed by atoms with van der Waals surface area (Å²) < 4.78 is 16.7. The summed E-state index contributed by atoms with van der Waals surface area (Å²) in [6.07, 6.45) is 1.42. The average molecular weight is 226 g/mol. The summed E-state index contributed by atoms with van der Waals surface area (Å²) in [4.78, 5) is 0. The quantitative estimate of drug-likeness (QED) is 0.708. The van der Waals surface area contributed by atoms with Gasteiger partial charge in [0.15, 0.2) is 0 Å². The van der Waals surface area contributed by atoms with Gasteiger partial charge in [0.1, 0.15) is 0 Å². The fraction of sp³-hybridized carbons (Fsp3) is 1.00. The van der Waals surface area contributed by atoms with Crippen molar-refractivity contribution in [2.45, 2.75) is 57.2 Å². The number of rotatable bonds is 3. The van der Waals surface area contributed by atoms with Gasteiger partial charge < -0.3 is 19.2 Å². The van der Waals surface area contributed by atoms with Crippen molar-refractivity contribution in [1.29, 1.82) is 0 Å². The predicted molar refractivity (Wildman–Crippen MR) is 59.1 cm³/mol. The van der Waals surface area contributed by atoms with E-state index in [4.69, 9.17) is 27.3 Å². The number of ether oxygens (including phenoxy) is 2. The molecule has 4 unspecified atom stereocenters. The Morgan fingerprint density at radius 2 is 2.12 bits per heavy atom. The van der Waals surface area contributed by atoms with E-state index in [1.165, 1.54) is 0 Å². The number of hydrogen-bond acceptors (Lipinski definition) is 4. The van der Waals surface area contributed by atoms with E-state index in [9.17, 15) is 0 Å². The fourth-order valence-corrected chi connectivity index (χ4v) is 2.68. The van der Waals surface area contributed by atoms with Gasteiger partial charge in [0.25, 0.3) is 8.05 Å². The van der Waals surface area contributed by atoms with E-state index in [0.29, 0.717) is 12.3 Å². The number of fused-ring (bicyclic) bond motifs is 1. The van der Waals surface area contributed by atoms with Gasteiger partial charge in [-0.3, -0.25) is 0 Å². The highest BCUT2D eigenvalue weighted by Crippen LogP contribution is 2.37. The van der Waals surface area contributed by atoms with E-state index in [2.05, 4.69) is 13.8 Å². The Kier molecular flexibility index (Phi) is 3.90. The molecule has 2 fully saturated rings. The van der Waals surface area contributed by atoms with Crippen LogP contribution in [0.3, 0.4) is 0 Å². The van der Waals surface area contributed by atoms with E-state index >= 15 is 0 Å². The third-order valence-electron chi connectivity index (χ3n) is 3.81. The van der Waals surface area contributed by atoms with Crippen LogP contribution in [-0.2, 0) is 14.1 Å².